The topological polar surface area (TPSA) is 55.8 Å². The molecule has 0 fully saturated rings. The molecule has 0 unspecified atom stereocenters. The molecule has 2 rings (SSSR count). The van der Waals surface area contributed by atoms with Crippen molar-refractivity contribution in [2.45, 2.75) is 39.8 Å². The van der Waals surface area contributed by atoms with Crippen molar-refractivity contribution in [3.8, 4) is 11.5 Å². The molecule has 0 N–H and O–H groups in total. The van der Waals surface area contributed by atoms with Gasteiger partial charge in [-0.05, 0) is 51.5 Å². The molecule has 0 atom stereocenters. The van der Waals surface area contributed by atoms with E-state index in [1.807, 2.05) is 51.1 Å². The second-order valence-electron chi connectivity index (χ2n) is 7.35. The normalized spacial score (nSPS) is 11.0. The molecule has 2 aromatic carbocycles. The summed E-state index contributed by atoms with van der Waals surface area (Å²) < 4.78 is 11.0. The van der Waals surface area contributed by atoms with Crippen molar-refractivity contribution in [1.82, 2.24) is 4.90 Å². The maximum absolute atomic E-state index is 12.8. The van der Waals surface area contributed by atoms with Crippen LogP contribution in [0.4, 0.5) is 0 Å². The molecule has 0 spiro atoms. The fourth-order valence-electron chi connectivity index (χ4n) is 2.69. The predicted octanol–water partition coefficient (Wildman–Crippen LogP) is 4.10. The summed E-state index contributed by atoms with van der Waals surface area (Å²) in [6, 6.07) is 14.8. The molecule has 1 amide bonds. The van der Waals surface area contributed by atoms with Crippen LogP contribution in [0, 0.1) is 0 Å². The molecule has 0 heterocycles. The number of amides is 1. The van der Waals surface area contributed by atoms with Gasteiger partial charge in [0.05, 0.1) is 7.11 Å². The minimum absolute atomic E-state index is 0.0577. The van der Waals surface area contributed by atoms with Crippen molar-refractivity contribution >= 4 is 11.7 Å². The Morgan fingerprint density at radius 1 is 1.00 bits per heavy atom. The Labute approximate surface area is 160 Å². The second-order valence-corrected chi connectivity index (χ2v) is 7.35. The van der Waals surface area contributed by atoms with E-state index in [1.165, 1.54) is 14.0 Å². The van der Waals surface area contributed by atoms with Crippen LogP contribution in [0.15, 0.2) is 48.5 Å². The van der Waals surface area contributed by atoms with E-state index >= 15 is 0 Å². The molecular weight excluding hydrogens is 342 g/mol. The number of rotatable bonds is 7. The summed E-state index contributed by atoms with van der Waals surface area (Å²) in [5.41, 5.74) is 1.24. The SMILES string of the molecule is COc1cc(C(C)=O)ccc1OCC(=O)N(Cc1ccccc1)C(C)(C)C. The van der Waals surface area contributed by atoms with Crippen LogP contribution >= 0.6 is 0 Å². The van der Waals surface area contributed by atoms with E-state index in [4.69, 9.17) is 9.47 Å². The summed E-state index contributed by atoms with van der Waals surface area (Å²) in [5, 5.41) is 0. The smallest absolute Gasteiger partial charge is 0.261 e. The van der Waals surface area contributed by atoms with Gasteiger partial charge in [0.1, 0.15) is 0 Å². The molecule has 5 nitrogen and oxygen atoms in total. The molecule has 5 heteroatoms. The maximum atomic E-state index is 12.8. The molecule has 0 saturated heterocycles. The van der Waals surface area contributed by atoms with Crippen molar-refractivity contribution in [2.75, 3.05) is 13.7 Å². The highest BCUT2D eigenvalue weighted by Gasteiger charge is 2.27. The number of hydrogen-bond donors (Lipinski definition) is 0. The number of nitrogens with zero attached hydrogens (tertiary/aromatic N) is 1. The molecule has 0 aliphatic rings. The van der Waals surface area contributed by atoms with Crippen LogP contribution in [0.25, 0.3) is 0 Å². The summed E-state index contributed by atoms with van der Waals surface area (Å²) in [5.74, 6) is 0.687. The molecule has 0 radical (unpaired) electrons. The van der Waals surface area contributed by atoms with E-state index in [9.17, 15) is 9.59 Å². The number of ether oxygens (including phenoxy) is 2. The molecule has 0 bridgehead atoms. The van der Waals surface area contributed by atoms with Gasteiger partial charge in [-0.2, -0.15) is 0 Å². The zero-order valence-corrected chi connectivity index (χ0v) is 16.6. The fourth-order valence-corrected chi connectivity index (χ4v) is 2.69. The first-order valence-electron chi connectivity index (χ1n) is 8.88. The van der Waals surface area contributed by atoms with Crippen molar-refractivity contribution in [3.05, 3.63) is 59.7 Å². The van der Waals surface area contributed by atoms with E-state index in [2.05, 4.69) is 0 Å². The summed E-state index contributed by atoms with van der Waals surface area (Å²) in [4.78, 5) is 26.1. The lowest BCUT2D eigenvalue weighted by molar-refractivity contribution is -0.139. The van der Waals surface area contributed by atoms with Gasteiger partial charge in [-0.15, -0.1) is 0 Å². The van der Waals surface area contributed by atoms with Crippen LogP contribution in [0.3, 0.4) is 0 Å². The first-order valence-corrected chi connectivity index (χ1v) is 8.88. The van der Waals surface area contributed by atoms with Gasteiger partial charge >= 0.3 is 0 Å². The van der Waals surface area contributed by atoms with Gasteiger partial charge in [0.2, 0.25) is 0 Å². The van der Waals surface area contributed by atoms with E-state index < -0.39 is 0 Å². The number of hydrogen-bond acceptors (Lipinski definition) is 4. The minimum Gasteiger partial charge on any atom is -0.493 e. The predicted molar refractivity (Wildman–Crippen MR) is 105 cm³/mol. The average molecular weight is 369 g/mol. The Kier molecular flexibility index (Phi) is 6.61. The molecular formula is C22H27NO4. The van der Waals surface area contributed by atoms with Gasteiger partial charge in [0.25, 0.3) is 5.91 Å². The second kappa shape index (κ2) is 8.71. The molecule has 0 aliphatic carbocycles. The van der Waals surface area contributed by atoms with E-state index in [0.29, 0.717) is 23.6 Å². The Morgan fingerprint density at radius 3 is 2.22 bits per heavy atom. The first kappa shape index (κ1) is 20.5. The number of Topliss-reactive ketones (excluding diaryl/α,β-unsaturated/α-hetero) is 1. The maximum Gasteiger partial charge on any atom is 0.261 e. The van der Waals surface area contributed by atoms with Crippen LogP contribution in [-0.4, -0.2) is 35.8 Å². The summed E-state index contributed by atoms with van der Waals surface area (Å²) in [7, 11) is 1.50. The quantitative estimate of drug-likeness (QED) is 0.690. The number of ketones is 1. The van der Waals surface area contributed by atoms with Crippen LogP contribution in [0.5, 0.6) is 11.5 Å². The standard InChI is InChI=1S/C22H27NO4/c1-16(24)18-11-12-19(20(13-18)26-5)27-15-21(25)23(22(2,3)4)14-17-9-7-6-8-10-17/h6-13H,14-15H2,1-5H3. The van der Waals surface area contributed by atoms with Crippen molar-refractivity contribution in [2.24, 2.45) is 0 Å². The Morgan fingerprint density at radius 2 is 1.67 bits per heavy atom. The highest BCUT2D eigenvalue weighted by molar-refractivity contribution is 5.94. The molecule has 144 valence electrons. The largest absolute Gasteiger partial charge is 0.493 e. The van der Waals surface area contributed by atoms with E-state index in [-0.39, 0.29) is 23.8 Å². The molecule has 2 aromatic rings. The lowest BCUT2D eigenvalue weighted by Gasteiger charge is -2.36. The van der Waals surface area contributed by atoms with Gasteiger partial charge in [-0.1, -0.05) is 30.3 Å². The van der Waals surface area contributed by atoms with Crippen LogP contribution < -0.4 is 9.47 Å². The highest BCUT2D eigenvalue weighted by Crippen LogP contribution is 2.28. The van der Waals surface area contributed by atoms with E-state index in [1.54, 1.807) is 23.1 Å². The number of carbonyl (C=O) groups excluding carboxylic acids is 2. The zero-order valence-electron chi connectivity index (χ0n) is 16.6. The third kappa shape index (κ3) is 5.58. The Balaban J connectivity index is 2.13. The highest BCUT2D eigenvalue weighted by atomic mass is 16.5. The van der Waals surface area contributed by atoms with Gasteiger partial charge in [0, 0.05) is 17.6 Å². The zero-order chi connectivity index (χ0) is 20.0. The van der Waals surface area contributed by atoms with Crippen LogP contribution in [0.1, 0.15) is 43.6 Å². The van der Waals surface area contributed by atoms with Gasteiger partial charge < -0.3 is 14.4 Å². The van der Waals surface area contributed by atoms with Crippen LogP contribution in [-0.2, 0) is 11.3 Å². The van der Waals surface area contributed by atoms with Crippen LogP contribution in [0.2, 0.25) is 0 Å². The molecule has 0 saturated carbocycles. The van der Waals surface area contributed by atoms with E-state index in [0.717, 1.165) is 5.56 Å². The summed E-state index contributed by atoms with van der Waals surface area (Å²) in [6.45, 7) is 7.87. The molecule has 27 heavy (non-hydrogen) atoms. The molecule has 0 aliphatic heterocycles. The summed E-state index contributed by atoms with van der Waals surface area (Å²) in [6.07, 6.45) is 0. The number of benzene rings is 2. The first-order chi connectivity index (χ1) is 12.7. The average Bonchev–Trinajstić information content (AvgIpc) is 2.63. The lowest BCUT2D eigenvalue weighted by Crippen LogP contribution is -2.47. The monoisotopic (exact) mass is 369 g/mol. The number of methoxy groups -OCH3 is 1. The molecule has 0 aromatic heterocycles. The van der Waals surface area contributed by atoms with Gasteiger partial charge in [-0.3, -0.25) is 9.59 Å². The third-order valence-electron chi connectivity index (χ3n) is 4.22. The number of carbonyl (C=O) groups is 2. The van der Waals surface area contributed by atoms with Crippen molar-refractivity contribution in [3.63, 3.8) is 0 Å². The minimum atomic E-state index is -0.348. The fraction of sp³-hybridized carbons (Fsp3) is 0.364. The van der Waals surface area contributed by atoms with Crippen molar-refractivity contribution < 1.29 is 19.1 Å². The lowest BCUT2D eigenvalue weighted by atomic mass is 10.0. The van der Waals surface area contributed by atoms with Crippen molar-refractivity contribution in [1.29, 1.82) is 0 Å². The van der Waals surface area contributed by atoms with Gasteiger partial charge in [-0.25, -0.2) is 0 Å². The van der Waals surface area contributed by atoms with Gasteiger partial charge in [0.15, 0.2) is 23.9 Å². The summed E-state index contributed by atoms with van der Waals surface area (Å²) >= 11 is 0. The Bertz CT molecular complexity index is 794. The Hall–Kier alpha value is -2.82. The third-order valence-corrected chi connectivity index (χ3v) is 4.22.